The molecule has 3 nitrogen and oxygen atoms in total. The van der Waals surface area contributed by atoms with Crippen molar-refractivity contribution in [3.63, 3.8) is 0 Å². The van der Waals surface area contributed by atoms with E-state index in [2.05, 4.69) is 0 Å². The van der Waals surface area contributed by atoms with Crippen LogP contribution in [0.15, 0.2) is 18.2 Å². The second kappa shape index (κ2) is 6.53. The number of benzene rings is 1. The van der Waals surface area contributed by atoms with Crippen LogP contribution >= 0.6 is 0 Å². The van der Waals surface area contributed by atoms with Crippen molar-refractivity contribution in [1.29, 1.82) is 0 Å². The molecule has 0 bridgehead atoms. The van der Waals surface area contributed by atoms with E-state index in [9.17, 15) is 0 Å². The van der Waals surface area contributed by atoms with Crippen molar-refractivity contribution in [2.75, 3.05) is 18.9 Å². The summed E-state index contributed by atoms with van der Waals surface area (Å²) in [6, 6.07) is 5.73. The Morgan fingerprint density at radius 3 is 2.44 bits per heavy atom. The van der Waals surface area contributed by atoms with E-state index in [1.807, 2.05) is 25.1 Å². The quantitative estimate of drug-likeness (QED) is 0.810. The summed E-state index contributed by atoms with van der Waals surface area (Å²) in [6.07, 6.45) is 6.61. The van der Waals surface area contributed by atoms with Crippen LogP contribution in [0.5, 0.6) is 11.5 Å². The largest absolute Gasteiger partial charge is 0.492 e. The third-order valence-electron chi connectivity index (χ3n) is 3.53. The van der Waals surface area contributed by atoms with Crippen molar-refractivity contribution >= 4 is 5.69 Å². The zero-order chi connectivity index (χ0) is 12.8. The first-order valence-corrected chi connectivity index (χ1v) is 6.95. The number of ether oxygens (including phenoxy) is 2. The summed E-state index contributed by atoms with van der Waals surface area (Å²) in [5.74, 6) is 2.17. The average molecular weight is 249 g/mol. The van der Waals surface area contributed by atoms with Crippen LogP contribution in [0.2, 0.25) is 0 Å². The number of para-hydroxylation sites is 1. The van der Waals surface area contributed by atoms with Gasteiger partial charge < -0.3 is 15.2 Å². The molecule has 0 saturated heterocycles. The lowest BCUT2D eigenvalue weighted by molar-refractivity contribution is 0.209. The summed E-state index contributed by atoms with van der Waals surface area (Å²) in [6.45, 7) is 3.35. The molecule has 1 fully saturated rings. The number of nitrogen functional groups attached to an aromatic ring is 1. The van der Waals surface area contributed by atoms with Gasteiger partial charge in [0.1, 0.15) is 17.2 Å². The molecular formula is C15H23NO2. The number of hydrogen-bond acceptors (Lipinski definition) is 3. The van der Waals surface area contributed by atoms with E-state index in [4.69, 9.17) is 15.2 Å². The molecule has 1 saturated carbocycles. The van der Waals surface area contributed by atoms with Crippen LogP contribution in [0.25, 0.3) is 0 Å². The van der Waals surface area contributed by atoms with E-state index in [0.29, 0.717) is 18.2 Å². The third-order valence-corrected chi connectivity index (χ3v) is 3.53. The Balaban J connectivity index is 1.93. The minimum absolute atomic E-state index is 0.621. The topological polar surface area (TPSA) is 44.5 Å². The molecule has 0 aromatic heterocycles. The van der Waals surface area contributed by atoms with Crippen LogP contribution in [0.1, 0.15) is 39.0 Å². The first-order chi connectivity index (χ1) is 8.81. The highest BCUT2D eigenvalue weighted by molar-refractivity contribution is 5.62. The molecule has 0 aliphatic heterocycles. The molecule has 0 heterocycles. The zero-order valence-electron chi connectivity index (χ0n) is 11.2. The maximum atomic E-state index is 6.04. The molecule has 3 heteroatoms. The molecule has 18 heavy (non-hydrogen) atoms. The van der Waals surface area contributed by atoms with E-state index in [1.165, 1.54) is 32.1 Å². The zero-order valence-corrected chi connectivity index (χ0v) is 11.2. The highest BCUT2D eigenvalue weighted by atomic mass is 16.5. The predicted octanol–water partition coefficient (Wildman–Crippen LogP) is 3.63. The first-order valence-electron chi connectivity index (χ1n) is 6.95. The van der Waals surface area contributed by atoms with Gasteiger partial charge in [-0.15, -0.1) is 0 Å². The molecule has 2 N–H and O–H groups in total. The molecular weight excluding hydrogens is 226 g/mol. The van der Waals surface area contributed by atoms with Gasteiger partial charge in [0.15, 0.2) is 0 Å². The molecule has 0 unspecified atom stereocenters. The van der Waals surface area contributed by atoms with Gasteiger partial charge in [-0.3, -0.25) is 0 Å². The number of nitrogens with two attached hydrogens (primary N) is 1. The van der Waals surface area contributed by atoms with Gasteiger partial charge in [0, 0.05) is 0 Å². The summed E-state index contributed by atoms with van der Waals surface area (Å²) in [4.78, 5) is 0. The van der Waals surface area contributed by atoms with Crippen molar-refractivity contribution in [2.45, 2.75) is 39.0 Å². The molecule has 0 amide bonds. The van der Waals surface area contributed by atoms with Crippen LogP contribution in [-0.4, -0.2) is 13.2 Å². The standard InChI is InChI=1S/C15H23NO2/c1-2-17-13-9-6-10-14(15(13)16)18-11-12-7-4-3-5-8-12/h6,9-10,12H,2-5,7-8,11,16H2,1H3. The molecule has 2 rings (SSSR count). The highest BCUT2D eigenvalue weighted by Crippen LogP contribution is 2.32. The summed E-state index contributed by atoms with van der Waals surface area (Å²) in [7, 11) is 0. The van der Waals surface area contributed by atoms with Crippen LogP contribution in [0.4, 0.5) is 5.69 Å². The molecule has 0 radical (unpaired) electrons. The Morgan fingerprint density at radius 2 is 1.78 bits per heavy atom. The van der Waals surface area contributed by atoms with Gasteiger partial charge in [0.05, 0.1) is 13.2 Å². The van der Waals surface area contributed by atoms with Gasteiger partial charge in [-0.2, -0.15) is 0 Å². The second-order valence-corrected chi connectivity index (χ2v) is 4.92. The fraction of sp³-hybridized carbons (Fsp3) is 0.600. The minimum Gasteiger partial charge on any atom is -0.492 e. The maximum absolute atomic E-state index is 6.04. The van der Waals surface area contributed by atoms with Crippen LogP contribution in [0.3, 0.4) is 0 Å². The van der Waals surface area contributed by atoms with E-state index < -0.39 is 0 Å². The van der Waals surface area contributed by atoms with Crippen molar-refractivity contribution in [3.05, 3.63) is 18.2 Å². The van der Waals surface area contributed by atoms with Crippen molar-refractivity contribution in [1.82, 2.24) is 0 Å². The third kappa shape index (κ3) is 3.31. The minimum atomic E-state index is 0.621. The number of hydrogen-bond donors (Lipinski definition) is 1. The Labute approximate surface area is 109 Å². The monoisotopic (exact) mass is 249 g/mol. The van der Waals surface area contributed by atoms with Gasteiger partial charge in [0.2, 0.25) is 0 Å². The predicted molar refractivity (Wildman–Crippen MR) is 74.1 cm³/mol. The maximum Gasteiger partial charge on any atom is 0.146 e. The van der Waals surface area contributed by atoms with Crippen molar-refractivity contribution in [2.24, 2.45) is 5.92 Å². The average Bonchev–Trinajstić information content (AvgIpc) is 2.41. The van der Waals surface area contributed by atoms with Gasteiger partial charge in [-0.05, 0) is 37.8 Å². The van der Waals surface area contributed by atoms with Crippen molar-refractivity contribution in [3.8, 4) is 11.5 Å². The normalized spacial score (nSPS) is 16.5. The lowest BCUT2D eigenvalue weighted by Gasteiger charge is -2.22. The SMILES string of the molecule is CCOc1cccc(OCC2CCCCC2)c1N. The summed E-state index contributed by atoms with van der Waals surface area (Å²) >= 11 is 0. The highest BCUT2D eigenvalue weighted by Gasteiger charge is 2.15. The van der Waals surface area contributed by atoms with Crippen molar-refractivity contribution < 1.29 is 9.47 Å². The molecule has 1 aromatic rings. The molecule has 1 aromatic carbocycles. The van der Waals surface area contributed by atoms with Crippen LogP contribution in [-0.2, 0) is 0 Å². The fourth-order valence-corrected chi connectivity index (χ4v) is 2.49. The van der Waals surface area contributed by atoms with Gasteiger partial charge in [-0.25, -0.2) is 0 Å². The fourth-order valence-electron chi connectivity index (χ4n) is 2.49. The van der Waals surface area contributed by atoms with Crippen LogP contribution in [0, 0.1) is 5.92 Å². The Morgan fingerprint density at radius 1 is 1.11 bits per heavy atom. The van der Waals surface area contributed by atoms with E-state index in [0.717, 1.165) is 18.1 Å². The second-order valence-electron chi connectivity index (χ2n) is 4.92. The van der Waals surface area contributed by atoms with Gasteiger partial charge in [0.25, 0.3) is 0 Å². The van der Waals surface area contributed by atoms with E-state index >= 15 is 0 Å². The summed E-state index contributed by atoms with van der Waals surface area (Å²) < 4.78 is 11.3. The Kier molecular flexibility index (Phi) is 4.73. The Hall–Kier alpha value is -1.38. The molecule has 1 aliphatic rings. The summed E-state index contributed by atoms with van der Waals surface area (Å²) in [5.41, 5.74) is 6.66. The Bertz CT molecular complexity index is 373. The molecule has 0 spiro atoms. The van der Waals surface area contributed by atoms with E-state index in [-0.39, 0.29) is 0 Å². The number of rotatable bonds is 5. The smallest absolute Gasteiger partial charge is 0.146 e. The molecule has 0 atom stereocenters. The molecule has 100 valence electrons. The lowest BCUT2D eigenvalue weighted by atomic mass is 9.90. The number of anilines is 1. The van der Waals surface area contributed by atoms with E-state index in [1.54, 1.807) is 0 Å². The van der Waals surface area contributed by atoms with Crippen LogP contribution < -0.4 is 15.2 Å². The molecule has 1 aliphatic carbocycles. The lowest BCUT2D eigenvalue weighted by Crippen LogP contribution is -2.15. The van der Waals surface area contributed by atoms with Gasteiger partial charge in [-0.1, -0.05) is 25.3 Å². The van der Waals surface area contributed by atoms with Gasteiger partial charge >= 0.3 is 0 Å². The first kappa shape index (κ1) is 13.1. The summed E-state index contributed by atoms with van der Waals surface area (Å²) in [5, 5.41) is 0.